The smallest absolute Gasteiger partial charge is 0.345 e. The molecule has 0 radical (unpaired) electrons. The van der Waals surface area contributed by atoms with E-state index in [1.807, 2.05) is 24.3 Å². The van der Waals surface area contributed by atoms with Crippen LogP contribution in [-0.2, 0) is 4.79 Å². The van der Waals surface area contributed by atoms with Gasteiger partial charge in [0.05, 0.1) is 21.8 Å². The van der Waals surface area contributed by atoms with E-state index in [-0.39, 0.29) is 33.7 Å². The molecule has 1 amide bonds. The normalized spacial score (nSPS) is 11.0. The van der Waals surface area contributed by atoms with Crippen LogP contribution < -0.4 is 14.9 Å². The fraction of sp³-hybridized carbons (Fsp3) is 0.0385. The molecule has 0 heterocycles. The number of nitrogens with zero attached hydrogens (tertiary/aromatic N) is 1. The summed E-state index contributed by atoms with van der Waals surface area (Å²) in [5.74, 6) is -0.705. The number of hydrogen-bond acceptors (Lipinski definition) is 5. The molecule has 0 saturated carbocycles. The molecule has 36 heavy (non-hydrogen) atoms. The minimum Gasteiger partial charge on any atom is -0.482 e. The van der Waals surface area contributed by atoms with E-state index in [1.54, 1.807) is 36.4 Å². The third-order valence-corrected chi connectivity index (χ3v) is 6.29. The number of fused-ring (bicyclic) bond motifs is 1. The monoisotopic (exact) mass is 560 g/mol. The Morgan fingerprint density at radius 2 is 1.67 bits per heavy atom. The molecule has 1 N–H and O–H groups in total. The molecule has 4 aromatic carbocycles. The molecular formula is C26H16Cl4N2O4. The van der Waals surface area contributed by atoms with Crippen molar-refractivity contribution >= 4 is 75.3 Å². The SMILES string of the molecule is O=C(COc1cccc(Cl)c1Cl)NN=Cc1c(OC(=O)c2ccc(Cl)cc2Cl)ccc2ccccc12. The number of ether oxygens (including phenoxy) is 2. The number of hydrogen-bond donors (Lipinski definition) is 1. The Kier molecular flexibility index (Phi) is 8.33. The fourth-order valence-electron chi connectivity index (χ4n) is 3.25. The van der Waals surface area contributed by atoms with E-state index in [1.165, 1.54) is 18.3 Å². The molecule has 6 nitrogen and oxygen atoms in total. The lowest BCUT2D eigenvalue weighted by molar-refractivity contribution is -0.123. The average molecular weight is 562 g/mol. The number of rotatable bonds is 7. The highest BCUT2D eigenvalue weighted by Gasteiger charge is 2.16. The second kappa shape index (κ2) is 11.6. The van der Waals surface area contributed by atoms with Crippen LogP contribution in [0.5, 0.6) is 11.5 Å². The summed E-state index contributed by atoms with van der Waals surface area (Å²) >= 11 is 24.1. The first-order valence-electron chi connectivity index (χ1n) is 10.4. The molecule has 4 aromatic rings. The van der Waals surface area contributed by atoms with Gasteiger partial charge >= 0.3 is 5.97 Å². The quantitative estimate of drug-likeness (QED) is 0.112. The lowest BCUT2D eigenvalue weighted by Gasteiger charge is -2.11. The number of amides is 1. The molecule has 0 saturated heterocycles. The summed E-state index contributed by atoms with van der Waals surface area (Å²) < 4.78 is 11.0. The van der Waals surface area contributed by atoms with E-state index in [9.17, 15) is 9.59 Å². The molecule has 0 atom stereocenters. The van der Waals surface area contributed by atoms with Gasteiger partial charge in [-0.3, -0.25) is 4.79 Å². The van der Waals surface area contributed by atoms with Crippen molar-refractivity contribution in [1.82, 2.24) is 5.43 Å². The van der Waals surface area contributed by atoms with Crippen molar-refractivity contribution in [2.24, 2.45) is 5.10 Å². The van der Waals surface area contributed by atoms with Crippen molar-refractivity contribution in [3.8, 4) is 11.5 Å². The molecule has 0 aliphatic heterocycles. The second-order valence-electron chi connectivity index (χ2n) is 7.35. The Hall–Kier alpha value is -3.29. The van der Waals surface area contributed by atoms with Gasteiger partial charge < -0.3 is 9.47 Å². The number of benzene rings is 4. The summed E-state index contributed by atoms with van der Waals surface area (Å²) in [6.45, 7) is -0.343. The Bertz CT molecular complexity index is 1490. The van der Waals surface area contributed by atoms with Gasteiger partial charge in [-0.2, -0.15) is 5.10 Å². The number of carbonyl (C=O) groups excluding carboxylic acids is 2. The Balaban J connectivity index is 1.52. The summed E-state index contributed by atoms with van der Waals surface area (Å²) in [7, 11) is 0. The summed E-state index contributed by atoms with van der Waals surface area (Å²) in [6, 6.07) is 20.2. The van der Waals surface area contributed by atoms with Crippen molar-refractivity contribution in [2.75, 3.05) is 6.61 Å². The average Bonchev–Trinajstić information content (AvgIpc) is 2.86. The first-order valence-corrected chi connectivity index (χ1v) is 11.9. The van der Waals surface area contributed by atoms with Crippen LogP contribution in [-0.4, -0.2) is 24.7 Å². The van der Waals surface area contributed by atoms with Crippen molar-refractivity contribution in [3.05, 3.63) is 104 Å². The van der Waals surface area contributed by atoms with Gasteiger partial charge in [0.25, 0.3) is 5.91 Å². The highest BCUT2D eigenvalue weighted by Crippen LogP contribution is 2.31. The van der Waals surface area contributed by atoms with Crippen LogP contribution in [0, 0.1) is 0 Å². The Morgan fingerprint density at radius 1 is 0.861 bits per heavy atom. The van der Waals surface area contributed by atoms with Crippen molar-refractivity contribution in [3.63, 3.8) is 0 Å². The zero-order valence-corrected chi connectivity index (χ0v) is 21.3. The molecule has 10 heteroatoms. The van der Waals surface area contributed by atoms with Gasteiger partial charge in [-0.05, 0) is 47.2 Å². The van der Waals surface area contributed by atoms with Gasteiger partial charge in [0.1, 0.15) is 16.5 Å². The molecule has 182 valence electrons. The summed E-state index contributed by atoms with van der Waals surface area (Å²) in [5, 5.41) is 6.73. The first kappa shape index (κ1) is 25.8. The molecule has 0 bridgehead atoms. The van der Waals surface area contributed by atoms with Crippen LogP contribution in [0.15, 0.2) is 77.9 Å². The van der Waals surface area contributed by atoms with Crippen LogP contribution in [0.25, 0.3) is 10.8 Å². The summed E-state index contributed by atoms with van der Waals surface area (Å²) in [6.07, 6.45) is 1.39. The topological polar surface area (TPSA) is 77.0 Å². The summed E-state index contributed by atoms with van der Waals surface area (Å²) in [5.41, 5.74) is 3.01. The minimum absolute atomic E-state index is 0.155. The molecular weight excluding hydrogens is 546 g/mol. The largest absolute Gasteiger partial charge is 0.482 e. The molecule has 4 rings (SSSR count). The van der Waals surface area contributed by atoms with Gasteiger partial charge in [0.15, 0.2) is 6.61 Å². The maximum absolute atomic E-state index is 12.8. The zero-order chi connectivity index (χ0) is 25.7. The van der Waals surface area contributed by atoms with Gasteiger partial charge in [-0.25, -0.2) is 10.2 Å². The molecule has 0 aromatic heterocycles. The van der Waals surface area contributed by atoms with Crippen LogP contribution >= 0.6 is 46.4 Å². The number of esters is 1. The minimum atomic E-state index is -0.669. The van der Waals surface area contributed by atoms with E-state index in [0.29, 0.717) is 15.6 Å². The lowest BCUT2D eigenvalue weighted by atomic mass is 10.0. The number of carbonyl (C=O) groups is 2. The van der Waals surface area contributed by atoms with Crippen LogP contribution in [0.1, 0.15) is 15.9 Å². The predicted octanol–water partition coefficient (Wildman–Crippen LogP) is 7.20. The molecule has 0 fully saturated rings. The maximum atomic E-state index is 12.8. The first-order chi connectivity index (χ1) is 17.3. The number of halogens is 4. The van der Waals surface area contributed by atoms with E-state index < -0.39 is 11.9 Å². The highest BCUT2D eigenvalue weighted by atomic mass is 35.5. The van der Waals surface area contributed by atoms with Crippen LogP contribution in [0.3, 0.4) is 0 Å². The number of nitrogens with one attached hydrogen (secondary N) is 1. The Labute approximate surface area is 226 Å². The van der Waals surface area contributed by atoms with Gasteiger partial charge in [0, 0.05) is 10.6 Å². The Morgan fingerprint density at radius 3 is 2.47 bits per heavy atom. The van der Waals surface area contributed by atoms with Crippen LogP contribution in [0.4, 0.5) is 0 Å². The molecule has 0 spiro atoms. The van der Waals surface area contributed by atoms with Crippen LogP contribution in [0.2, 0.25) is 20.1 Å². The van der Waals surface area contributed by atoms with Gasteiger partial charge in [0.2, 0.25) is 0 Å². The van der Waals surface area contributed by atoms with E-state index in [4.69, 9.17) is 55.9 Å². The zero-order valence-electron chi connectivity index (χ0n) is 18.3. The van der Waals surface area contributed by atoms with Crippen molar-refractivity contribution < 1.29 is 19.1 Å². The van der Waals surface area contributed by atoms with Gasteiger partial charge in [-0.15, -0.1) is 0 Å². The van der Waals surface area contributed by atoms with E-state index >= 15 is 0 Å². The molecule has 0 aliphatic carbocycles. The van der Waals surface area contributed by atoms with Gasteiger partial charge in [-0.1, -0.05) is 82.8 Å². The maximum Gasteiger partial charge on any atom is 0.345 e. The summed E-state index contributed by atoms with van der Waals surface area (Å²) in [4.78, 5) is 25.0. The fourth-order valence-corrected chi connectivity index (χ4v) is 4.08. The van der Waals surface area contributed by atoms with E-state index in [2.05, 4.69) is 10.5 Å². The third-order valence-electron chi connectivity index (χ3n) is 4.94. The van der Waals surface area contributed by atoms with Crippen molar-refractivity contribution in [1.29, 1.82) is 0 Å². The third kappa shape index (κ3) is 6.09. The van der Waals surface area contributed by atoms with Crippen molar-refractivity contribution in [2.45, 2.75) is 0 Å². The second-order valence-corrected chi connectivity index (χ2v) is 8.97. The number of hydrazone groups is 1. The van der Waals surface area contributed by atoms with E-state index in [0.717, 1.165) is 10.8 Å². The predicted molar refractivity (Wildman–Crippen MR) is 143 cm³/mol. The lowest BCUT2D eigenvalue weighted by Crippen LogP contribution is -2.24. The standard InChI is InChI=1S/C26H16Cl4N2O4/c27-16-9-10-18(21(29)12-16)26(34)36-22-11-8-15-4-1-2-5-17(15)19(22)13-31-32-24(33)14-35-23-7-3-6-20(28)25(23)30/h1-13H,14H2,(H,32,33). The highest BCUT2D eigenvalue weighted by molar-refractivity contribution is 6.43. The molecule has 0 unspecified atom stereocenters. The molecule has 0 aliphatic rings.